The van der Waals surface area contributed by atoms with Gasteiger partial charge in [-0.25, -0.2) is 4.79 Å². The molecule has 2 atom stereocenters. The first-order valence-electron chi connectivity index (χ1n) is 6.97. The number of fused-ring (bicyclic) bond motifs is 1. The van der Waals surface area contributed by atoms with Gasteiger partial charge in [-0.2, -0.15) is 0 Å². The second kappa shape index (κ2) is 5.21. The molecule has 3 rings (SSSR count). The Labute approximate surface area is 113 Å². The second-order valence-corrected chi connectivity index (χ2v) is 5.50. The molecule has 19 heavy (non-hydrogen) atoms. The lowest BCUT2D eigenvalue weighted by atomic mass is 10.0. The van der Waals surface area contributed by atoms with Gasteiger partial charge in [0.05, 0.1) is 0 Å². The summed E-state index contributed by atoms with van der Waals surface area (Å²) in [6, 6.07) is 8.31. The number of nitrogens with one attached hydrogen (secondary N) is 1. The van der Waals surface area contributed by atoms with Gasteiger partial charge in [0.1, 0.15) is 6.10 Å². The summed E-state index contributed by atoms with van der Waals surface area (Å²) in [5, 5.41) is 3.25. The molecule has 1 unspecified atom stereocenters. The van der Waals surface area contributed by atoms with E-state index in [2.05, 4.69) is 30.4 Å². The summed E-state index contributed by atoms with van der Waals surface area (Å²) in [6.45, 7) is 5.25. The molecule has 2 aliphatic heterocycles. The zero-order valence-electron chi connectivity index (χ0n) is 11.3. The minimum atomic E-state index is -0.171. The summed E-state index contributed by atoms with van der Waals surface area (Å²) in [7, 11) is 0. The molecule has 102 valence electrons. The van der Waals surface area contributed by atoms with Gasteiger partial charge in [0.25, 0.3) is 0 Å². The third-order valence-electron chi connectivity index (χ3n) is 4.09. The summed E-state index contributed by atoms with van der Waals surface area (Å²) < 4.78 is 5.60. The normalized spacial score (nSPS) is 26.1. The molecule has 0 spiro atoms. The zero-order chi connectivity index (χ0) is 13.2. The minimum Gasteiger partial charge on any atom is -0.444 e. The van der Waals surface area contributed by atoms with Crippen molar-refractivity contribution in [1.29, 1.82) is 0 Å². The van der Waals surface area contributed by atoms with Crippen LogP contribution in [-0.2, 0) is 17.7 Å². The van der Waals surface area contributed by atoms with Crippen LogP contribution >= 0.6 is 0 Å². The number of benzene rings is 1. The number of amides is 1. The topological polar surface area (TPSA) is 41.6 Å². The molecule has 1 aromatic carbocycles. The average Bonchev–Trinajstić information content (AvgIpc) is 2.84. The van der Waals surface area contributed by atoms with Gasteiger partial charge >= 0.3 is 6.09 Å². The predicted octanol–water partition coefficient (Wildman–Crippen LogP) is 1.79. The van der Waals surface area contributed by atoms with Crippen LogP contribution in [0, 0.1) is 5.92 Å². The van der Waals surface area contributed by atoms with E-state index < -0.39 is 0 Å². The number of carbonyl (C=O) groups is 1. The van der Waals surface area contributed by atoms with Crippen molar-refractivity contribution in [3.63, 3.8) is 0 Å². The molecule has 1 fully saturated rings. The van der Waals surface area contributed by atoms with Crippen molar-refractivity contribution in [3.8, 4) is 0 Å². The summed E-state index contributed by atoms with van der Waals surface area (Å²) in [4.78, 5) is 14.0. The third kappa shape index (κ3) is 2.59. The highest BCUT2D eigenvalue weighted by Crippen LogP contribution is 2.20. The van der Waals surface area contributed by atoms with Crippen molar-refractivity contribution in [3.05, 3.63) is 35.4 Å². The van der Waals surface area contributed by atoms with Crippen LogP contribution in [0.2, 0.25) is 0 Å². The highest BCUT2D eigenvalue weighted by Gasteiger charge is 2.29. The first-order valence-corrected chi connectivity index (χ1v) is 6.97. The lowest BCUT2D eigenvalue weighted by molar-refractivity contribution is 0.0522. The van der Waals surface area contributed by atoms with Crippen LogP contribution in [0.4, 0.5) is 4.79 Å². The Morgan fingerprint density at radius 1 is 1.32 bits per heavy atom. The number of carbonyl (C=O) groups excluding carboxylic acids is 1. The highest BCUT2D eigenvalue weighted by molar-refractivity contribution is 5.68. The Hall–Kier alpha value is -1.55. The first-order chi connectivity index (χ1) is 9.24. The van der Waals surface area contributed by atoms with Crippen molar-refractivity contribution in [2.75, 3.05) is 19.6 Å². The Kier molecular flexibility index (Phi) is 3.42. The van der Waals surface area contributed by atoms with Crippen LogP contribution in [-0.4, -0.2) is 36.7 Å². The summed E-state index contributed by atoms with van der Waals surface area (Å²) >= 11 is 0. The van der Waals surface area contributed by atoms with Crippen LogP contribution in [0.5, 0.6) is 0 Å². The van der Waals surface area contributed by atoms with E-state index in [1.54, 1.807) is 0 Å². The molecule has 1 saturated heterocycles. The lowest BCUT2D eigenvalue weighted by Gasteiger charge is -2.29. The van der Waals surface area contributed by atoms with E-state index in [4.69, 9.17) is 4.74 Å². The fraction of sp³-hybridized carbons (Fsp3) is 0.533. The number of ether oxygens (including phenoxy) is 1. The largest absolute Gasteiger partial charge is 0.444 e. The molecule has 0 radical (unpaired) electrons. The van der Waals surface area contributed by atoms with E-state index in [0.717, 1.165) is 26.1 Å². The molecule has 0 bridgehead atoms. The van der Waals surface area contributed by atoms with Crippen LogP contribution in [0.3, 0.4) is 0 Å². The SMILES string of the molecule is CC1CNC[C@@H]1OC(=O)N1CCc2ccccc2C1. The number of nitrogens with zero attached hydrogens (tertiary/aromatic N) is 1. The van der Waals surface area contributed by atoms with Crippen LogP contribution in [0.25, 0.3) is 0 Å². The van der Waals surface area contributed by atoms with E-state index in [1.807, 2.05) is 11.0 Å². The lowest BCUT2D eigenvalue weighted by Crippen LogP contribution is -2.39. The van der Waals surface area contributed by atoms with Gasteiger partial charge in [0, 0.05) is 32.1 Å². The minimum absolute atomic E-state index is 0.0182. The van der Waals surface area contributed by atoms with Gasteiger partial charge in [-0.05, 0) is 17.5 Å². The molecule has 4 nitrogen and oxygen atoms in total. The number of hydrogen-bond acceptors (Lipinski definition) is 3. The maximum atomic E-state index is 12.2. The van der Waals surface area contributed by atoms with Gasteiger partial charge in [0.15, 0.2) is 0 Å². The average molecular weight is 260 g/mol. The monoisotopic (exact) mass is 260 g/mol. The van der Waals surface area contributed by atoms with E-state index in [-0.39, 0.29) is 12.2 Å². The Morgan fingerprint density at radius 2 is 2.11 bits per heavy atom. The molecule has 1 N–H and O–H groups in total. The Balaban J connectivity index is 1.63. The first kappa shape index (κ1) is 12.5. The maximum absolute atomic E-state index is 12.2. The smallest absolute Gasteiger partial charge is 0.410 e. The molecular formula is C15H20N2O2. The molecule has 0 saturated carbocycles. The Bertz CT molecular complexity index is 475. The van der Waals surface area contributed by atoms with Crippen molar-refractivity contribution in [1.82, 2.24) is 10.2 Å². The number of rotatable bonds is 1. The molecule has 4 heteroatoms. The number of hydrogen-bond donors (Lipinski definition) is 1. The molecular weight excluding hydrogens is 240 g/mol. The van der Waals surface area contributed by atoms with Crippen LogP contribution in [0.1, 0.15) is 18.1 Å². The zero-order valence-corrected chi connectivity index (χ0v) is 11.3. The molecule has 2 aliphatic rings. The van der Waals surface area contributed by atoms with E-state index in [1.165, 1.54) is 11.1 Å². The molecule has 0 aromatic heterocycles. The fourth-order valence-electron chi connectivity index (χ4n) is 2.80. The quantitative estimate of drug-likeness (QED) is 0.837. The van der Waals surface area contributed by atoms with Gasteiger partial charge in [-0.3, -0.25) is 0 Å². The van der Waals surface area contributed by atoms with Crippen molar-refractivity contribution < 1.29 is 9.53 Å². The van der Waals surface area contributed by atoms with Crippen molar-refractivity contribution >= 4 is 6.09 Å². The summed E-state index contributed by atoms with van der Waals surface area (Å²) in [5.74, 6) is 0.404. The third-order valence-corrected chi connectivity index (χ3v) is 4.09. The van der Waals surface area contributed by atoms with Gasteiger partial charge in [-0.15, -0.1) is 0 Å². The predicted molar refractivity (Wildman–Crippen MR) is 72.9 cm³/mol. The van der Waals surface area contributed by atoms with E-state index >= 15 is 0 Å². The van der Waals surface area contributed by atoms with Gasteiger partial charge in [-0.1, -0.05) is 31.2 Å². The van der Waals surface area contributed by atoms with E-state index in [0.29, 0.717) is 12.5 Å². The van der Waals surface area contributed by atoms with Gasteiger partial charge in [0.2, 0.25) is 0 Å². The van der Waals surface area contributed by atoms with Crippen LogP contribution < -0.4 is 5.32 Å². The fourth-order valence-corrected chi connectivity index (χ4v) is 2.80. The highest BCUT2D eigenvalue weighted by atomic mass is 16.6. The van der Waals surface area contributed by atoms with Crippen molar-refractivity contribution in [2.45, 2.75) is 26.0 Å². The van der Waals surface area contributed by atoms with Crippen LogP contribution in [0.15, 0.2) is 24.3 Å². The molecule has 1 amide bonds. The van der Waals surface area contributed by atoms with E-state index in [9.17, 15) is 4.79 Å². The van der Waals surface area contributed by atoms with Crippen molar-refractivity contribution in [2.24, 2.45) is 5.92 Å². The molecule has 1 aromatic rings. The second-order valence-electron chi connectivity index (χ2n) is 5.50. The summed E-state index contributed by atoms with van der Waals surface area (Å²) in [5.41, 5.74) is 2.59. The standard InChI is InChI=1S/C15H20N2O2/c1-11-8-16-9-14(11)19-15(18)17-7-6-12-4-2-3-5-13(12)10-17/h2-5,11,14,16H,6-10H2,1H3/t11?,14-/m0/s1. The Morgan fingerprint density at radius 3 is 2.84 bits per heavy atom. The maximum Gasteiger partial charge on any atom is 0.410 e. The molecule has 2 heterocycles. The van der Waals surface area contributed by atoms with Gasteiger partial charge < -0.3 is 15.0 Å². The summed E-state index contributed by atoms with van der Waals surface area (Å²) in [6.07, 6.45) is 0.767. The molecule has 0 aliphatic carbocycles.